The van der Waals surface area contributed by atoms with Crippen molar-refractivity contribution >= 4 is 0 Å². The molecule has 0 spiro atoms. The Kier molecular flexibility index (Phi) is 4.98. The molecule has 5 heteroatoms. The van der Waals surface area contributed by atoms with Gasteiger partial charge in [-0.05, 0) is 56.3 Å². The molecule has 23 heavy (non-hydrogen) atoms. The number of ether oxygens (including phenoxy) is 1. The van der Waals surface area contributed by atoms with E-state index in [1.165, 1.54) is 49.1 Å². The van der Waals surface area contributed by atoms with E-state index in [-0.39, 0.29) is 11.3 Å². The summed E-state index contributed by atoms with van der Waals surface area (Å²) in [5.41, 5.74) is 0.488. The van der Waals surface area contributed by atoms with Crippen LogP contribution in [0.25, 0.3) is 5.69 Å². The maximum atomic E-state index is 11.8. The predicted molar refractivity (Wildman–Crippen MR) is 89.5 cm³/mol. The summed E-state index contributed by atoms with van der Waals surface area (Å²) < 4.78 is 7.26. The molecule has 2 heterocycles. The molecule has 0 aliphatic carbocycles. The van der Waals surface area contributed by atoms with Crippen LogP contribution in [0.1, 0.15) is 19.3 Å². The molecule has 5 nitrogen and oxygen atoms in total. The molecule has 0 bridgehead atoms. The van der Waals surface area contributed by atoms with Crippen LogP contribution in [0.15, 0.2) is 47.4 Å². The van der Waals surface area contributed by atoms with Crippen molar-refractivity contribution in [1.82, 2.24) is 9.47 Å². The Morgan fingerprint density at radius 2 is 1.78 bits per heavy atom. The third kappa shape index (κ3) is 4.13. The highest BCUT2D eigenvalue weighted by Gasteiger charge is 2.09. The van der Waals surface area contributed by atoms with Crippen LogP contribution in [0.4, 0.5) is 0 Å². The molecule has 1 saturated heterocycles. The minimum atomic E-state index is -0.260. The number of nitrogens with zero attached hydrogens (tertiary/aromatic N) is 2. The minimum Gasteiger partial charge on any atom is -0.508 e. The summed E-state index contributed by atoms with van der Waals surface area (Å²) in [6.07, 6.45) is 5.48. The van der Waals surface area contributed by atoms with E-state index in [4.69, 9.17) is 4.74 Å². The van der Waals surface area contributed by atoms with E-state index in [9.17, 15) is 9.90 Å². The van der Waals surface area contributed by atoms with E-state index in [0.29, 0.717) is 6.61 Å². The lowest BCUT2D eigenvalue weighted by molar-refractivity contribution is 0.183. The fraction of sp³-hybridized carbons (Fsp3) is 0.389. The Labute approximate surface area is 135 Å². The van der Waals surface area contributed by atoms with E-state index in [2.05, 4.69) is 4.90 Å². The molecule has 0 amide bonds. The number of hydrogen-bond donors (Lipinski definition) is 1. The molecule has 1 aromatic heterocycles. The lowest BCUT2D eigenvalue weighted by atomic mass is 10.1. The van der Waals surface area contributed by atoms with E-state index in [1.807, 2.05) is 24.3 Å². The number of hydrogen-bond acceptors (Lipinski definition) is 4. The van der Waals surface area contributed by atoms with Crippen molar-refractivity contribution in [2.75, 3.05) is 26.2 Å². The molecule has 0 unspecified atom stereocenters. The van der Waals surface area contributed by atoms with Gasteiger partial charge in [-0.15, -0.1) is 0 Å². The van der Waals surface area contributed by atoms with Gasteiger partial charge in [0.05, 0.1) is 0 Å². The fourth-order valence-corrected chi connectivity index (χ4v) is 2.86. The Bertz CT molecular complexity index is 688. The Morgan fingerprint density at radius 1 is 1.04 bits per heavy atom. The van der Waals surface area contributed by atoms with Crippen molar-refractivity contribution < 1.29 is 9.84 Å². The second kappa shape index (κ2) is 7.33. The van der Waals surface area contributed by atoms with Gasteiger partial charge in [0.1, 0.15) is 18.1 Å². The zero-order valence-corrected chi connectivity index (χ0v) is 13.1. The SMILES string of the molecule is O=c1cc(O)ccn1-c1ccc(OCCN2CCCCC2)cc1. The number of likely N-dealkylation sites (tertiary alicyclic amines) is 1. The molecule has 122 valence electrons. The molecule has 1 aliphatic heterocycles. The molecule has 1 fully saturated rings. The normalized spacial score (nSPS) is 15.5. The smallest absolute Gasteiger partial charge is 0.258 e. The molecule has 3 rings (SSSR count). The van der Waals surface area contributed by atoms with E-state index in [0.717, 1.165) is 18.0 Å². The van der Waals surface area contributed by atoms with Gasteiger partial charge >= 0.3 is 0 Å². The topological polar surface area (TPSA) is 54.7 Å². The second-order valence-electron chi connectivity index (χ2n) is 5.84. The van der Waals surface area contributed by atoms with E-state index >= 15 is 0 Å². The molecular weight excluding hydrogens is 292 g/mol. The van der Waals surface area contributed by atoms with Crippen molar-refractivity contribution in [3.63, 3.8) is 0 Å². The van der Waals surface area contributed by atoms with Gasteiger partial charge in [0, 0.05) is 24.5 Å². The summed E-state index contributed by atoms with van der Waals surface area (Å²) >= 11 is 0. The summed E-state index contributed by atoms with van der Waals surface area (Å²) in [4.78, 5) is 14.3. The van der Waals surface area contributed by atoms with Crippen molar-refractivity contribution in [3.8, 4) is 17.2 Å². The van der Waals surface area contributed by atoms with Crippen LogP contribution in [0, 0.1) is 0 Å². The van der Waals surface area contributed by atoms with Crippen molar-refractivity contribution in [2.24, 2.45) is 0 Å². The van der Waals surface area contributed by atoms with Gasteiger partial charge in [0.15, 0.2) is 0 Å². The van der Waals surface area contributed by atoms with E-state index in [1.54, 1.807) is 6.20 Å². The standard InChI is InChI=1S/C18H22N2O3/c21-16-8-11-20(18(22)14-16)15-4-6-17(7-5-15)23-13-12-19-9-2-1-3-10-19/h4-8,11,14,21H,1-3,9-10,12-13H2. The largest absolute Gasteiger partial charge is 0.508 e. The molecule has 1 aromatic carbocycles. The van der Waals surface area contributed by atoms with Gasteiger partial charge in [0.2, 0.25) is 0 Å². The summed E-state index contributed by atoms with van der Waals surface area (Å²) in [6, 6.07) is 10.1. The number of aromatic hydroxyl groups is 1. The van der Waals surface area contributed by atoms with Crippen LogP contribution in [0.3, 0.4) is 0 Å². The Hall–Kier alpha value is -2.27. The maximum absolute atomic E-state index is 11.8. The maximum Gasteiger partial charge on any atom is 0.258 e. The molecule has 2 aromatic rings. The minimum absolute atomic E-state index is 0.0242. The first-order valence-electron chi connectivity index (χ1n) is 8.10. The van der Waals surface area contributed by atoms with Gasteiger partial charge in [0.25, 0.3) is 5.56 Å². The van der Waals surface area contributed by atoms with Crippen LogP contribution in [-0.4, -0.2) is 40.8 Å². The predicted octanol–water partition coefficient (Wildman–Crippen LogP) is 2.41. The number of aromatic nitrogens is 1. The quantitative estimate of drug-likeness (QED) is 0.921. The first-order chi connectivity index (χ1) is 11.2. The number of benzene rings is 1. The first kappa shape index (κ1) is 15.6. The Balaban J connectivity index is 1.57. The second-order valence-corrected chi connectivity index (χ2v) is 5.84. The zero-order valence-electron chi connectivity index (χ0n) is 13.1. The average molecular weight is 314 g/mol. The highest BCUT2D eigenvalue weighted by molar-refractivity contribution is 5.38. The summed E-state index contributed by atoms with van der Waals surface area (Å²) in [5, 5.41) is 9.30. The van der Waals surface area contributed by atoms with Crippen LogP contribution in [0.5, 0.6) is 11.5 Å². The van der Waals surface area contributed by atoms with Gasteiger partial charge in [-0.2, -0.15) is 0 Å². The van der Waals surface area contributed by atoms with Gasteiger partial charge < -0.3 is 9.84 Å². The molecule has 0 saturated carbocycles. The summed E-state index contributed by atoms with van der Waals surface area (Å²) in [6.45, 7) is 3.98. The third-order valence-electron chi connectivity index (χ3n) is 4.14. The highest BCUT2D eigenvalue weighted by atomic mass is 16.5. The molecule has 0 radical (unpaired) electrons. The Morgan fingerprint density at radius 3 is 2.48 bits per heavy atom. The van der Waals surface area contributed by atoms with Crippen molar-refractivity contribution in [2.45, 2.75) is 19.3 Å². The molecule has 1 N–H and O–H groups in total. The first-order valence-corrected chi connectivity index (χ1v) is 8.10. The number of pyridine rings is 1. The number of rotatable bonds is 5. The van der Waals surface area contributed by atoms with Crippen molar-refractivity contribution in [1.29, 1.82) is 0 Å². The lowest BCUT2D eigenvalue weighted by Crippen LogP contribution is -2.33. The van der Waals surface area contributed by atoms with Gasteiger partial charge in [-0.25, -0.2) is 0 Å². The third-order valence-corrected chi connectivity index (χ3v) is 4.14. The molecule has 0 atom stereocenters. The van der Waals surface area contributed by atoms with Crippen LogP contribution >= 0.6 is 0 Å². The van der Waals surface area contributed by atoms with Crippen molar-refractivity contribution in [3.05, 3.63) is 52.9 Å². The van der Waals surface area contributed by atoms with E-state index < -0.39 is 0 Å². The zero-order chi connectivity index (χ0) is 16.1. The molecule has 1 aliphatic rings. The summed E-state index contributed by atoms with van der Waals surface area (Å²) in [5.74, 6) is 0.779. The fourth-order valence-electron chi connectivity index (χ4n) is 2.86. The highest BCUT2D eigenvalue weighted by Crippen LogP contribution is 2.15. The summed E-state index contributed by atoms with van der Waals surface area (Å²) in [7, 11) is 0. The average Bonchev–Trinajstić information content (AvgIpc) is 2.57. The number of piperidine rings is 1. The van der Waals surface area contributed by atoms with Crippen LogP contribution in [0.2, 0.25) is 0 Å². The lowest BCUT2D eigenvalue weighted by Gasteiger charge is -2.26. The molecular formula is C18H22N2O3. The van der Waals surface area contributed by atoms with Crippen LogP contribution < -0.4 is 10.3 Å². The monoisotopic (exact) mass is 314 g/mol. The van der Waals surface area contributed by atoms with Gasteiger partial charge in [-0.1, -0.05) is 6.42 Å². The van der Waals surface area contributed by atoms with Crippen LogP contribution in [-0.2, 0) is 0 Å². The van der Waals surface area contributed by atoms with Gasteiger partial charge in [-0.3, -0.25) is 14.3 Å².